The summed E-state index contributed by atoms with van der Waals surface area (Å²) in [4.78, 5) is 24.1. The molecule has 7 heteroatoms. The molecule has 0 atom stereocenters. The normalized spacial score (nSPS) is 11.2. The third-order valence-corrected chi connectivity index (χ3v) is 1.92. The second kappa shape index (κ2) is 4.38. The highest BCUT2D eigenvalue weighted by Crippen LogP contribution is 2.30. The minimum Gasteiger partial charge on any atom is -0.469 e. The van der Waals surface area contributed by atoms with Gasteiger partial charge in [-0.3, -0.25) is 9.59 Å². The molecule has 1 heterocycles. The van der Waals surface area contributed by atoms with Gasteiger partial charge in [0.1, 0.15) is 0 Å². The highest BCUT2D eigenvalue weighted by molar-refractivity contribution is 5.72. The first-order valence-electron chi connectivity index (χ1n) is 4.21. The van der Waals surface area contributed by atoms with E-state index in [1.54, 1.807) is 0 Å². The largest absolute Gasteiger partial charge is 0.469 e. The molecule has 0 aliphatic rings. The zero-order chi connectivity index (χ0) is 12.3. The van der Waals surface area contributed by atoms with Crippen LogP contribution in [0.3, 0.4) is 0 Å². The molecule has 1 aromatic heterocycles. The first-order valence-corrected chi connectivity index (χ1v) is 4.21. The molecular weight excluding hydrogens is 227 g/mol. The van der Waals surface area contributed by atoms with Crippen LogP contribution in [0.1, 0.15) is 11.1 Å². The summed E-state index contributed by atoms with van der Waals surface area (Å²) in [6, 6.07) is 0.708. The van der Waals surface area contributed by atoms with Gasteiger partial charge in [0.15, 0.2) is 0 Å². The maximum Gasteiger partial charge on any atom is 0.416 e. The van der Waals surface area contributed by atoms with Gasteiger partial charge in [-0.1, -0.05) is 0 Å². The van der Waals surface area contributed by atoms with Crippen LogP contribution in [-0.4, -0.2) is 18.1 Å². The van der Waals surface area contributed by atoms with Gasteiger partial charge in [-0.15, -0.1) is 0 Å². The van der Waals surface area contributed by atoms with Crippen molar-refractivity contribution >= 4 is 5.97 Å². The summed E-state index contributed by atoms with van der Waals surface area (Å²) in [5, 5.41) is 0. The third-order valence-electron chi connectivity index (χ3n) is 1.92. The number of carbonyl (C=O) groups excluding carboxylic acids is 1. The van der Waals surface area contributed by atoms with Gasteiger partial charge in [-0.2, -0.15) is 13.2 Å². The number of carbonyl (C=O) groups is 1. The average molecular weight is 235 g/mol. The Kier molecular flexibility index (Phi) is 3.36. The van der Waals surface area contributed by atoms with Crippen LogP contribution in [0.15, 0.2) is 17.1 Å². The van der Waals surface area contributed by atoms with E-state index in [9.17, 15) is 22.8 Å². The molecule has 0 saturated heterocycles. The Bertz CT molecular complexity index is 450. The van der Waals surface area contributed by atoms with Crippen molar-refractivity contribution in [2.24, 2.45) is 0 Å². The number of ether oxygens (including phenoxy) is 1. The van der Waals surface area contributed by atoms with E-state index in [0.717, 1.165) is 13.3 Å². The van der Waals surface area contributed by atoms with E-state index in [-0.39, 0.29) is 0 Å². The van der Waals surface area contributed by atoms with Crippen molar-refractivity contribution in [1.82, 2.24) is 4.98 Å². The Morgan fingerprint density at radius 2 is 2.12 bits per heavy atom. The summed E-state index contributed by atoms with van der Waals surface area (Å²) in [5.41, 5.74) is -2.70. The van der Waals surface area contributed by atoms with Crippen molar-refractivity contribution in [2.75, 3.05) is 7.11 Å². The molecule has 4 nitrogen and oxygen atoms in total. The molecule has 0 fully saturated rings. The molecule has 0 bridgehead atoms. The van der Waals surface area contributed by atoms with Crippen molar-refractivity contribution < 1.29 is 22.7 Å². The number of hydrogen-bond acceptors (Lipinski definition) is 3. The second-order valence-corrected chi connectivity index (χ2v) is 2.95. The summed E-state index contributed by atoms with van der Waals surface area (Å²) < 4.78 is 41.7. The van der Waals surface area contributed by atoms with Crippen LogP contribution in [0, 0.1) is 0 Å². The Labute approximate surface area is 88.0 Å². The number of rotatable bonds is 2. The van der Waals surface area contributed by atoms with Crippen LogP contribution in [0.25, 0.3) is 0 Å². The molecule has 0 unspecified atom stereocenters. The Balaban J connectivity index is 3.25. The van der Waals surface area contributed by atoms with E-state index in [1.165, 1.54) is 0 Å². The molecule has 0 aromatic carbocycles. The predicted molar refractivity (Wildman–Crippen MR) is 47.8 cm³/mol. The summed E-state index contributed by atoms with van der Waals surface area (Å²) >= 11 is 0. The lowest BCUT2D eigenvalue weighted by Crippen LogP contribution is -2.23. The lowest BCUT2D eigenvalue weighted by Gasteiger charge is -2.10. The molecule has 0 amide bonds. The topological polar surface area (TPSA) is 59.2 Å². The molecule has 0 radical (unpaired) electrons. The lowest BCUT2D eigenvalue weighted by molar-refractivity contribution is -0.141. The highest BCUT2D eigenvalue weighted by atomic mass is 19.4. The van der Waals surface area contributed by atoms with E-state index in [1.807, 2.05) is 0 Å². The number of H-pyrrole nitrogens is 1. The number of hydrogen-bond donors (Lipinski definition) is 1. The number of esters is 1. The minimum atomic E-state index is -4.67. The van der Waals surface area contributed by atoms with Gasteiger partial charge in [0, 0.05) is 11.8 Å². The summed E-state index contributed by atoms with van der Waals surface area (Å²) in [7, 11) is 1.03. The molecule has 1 N–H and O–H groups in total. The van der Waals surface area contributed by atoms with Gasteiger partial charge in [-0.05, 0) is 6.07 Å². The van der Waals surface area contributed by atoms with Crippen molar-refractivity contribution in [2.45, 2.75) is 12.6 Å². The molecule has 88 valence electrons. The van der Waals surface area contributed by atoms with E-state index >= 15 is 0 Å². The zero-order valence-corrected chi connectivity index (χ0v) is 8.22. The van der Waals surface area contributed by atoms with Crippen LogP contribution >= 0.6 is 0 Å². The fourth-order valence-electron chi connectivity index (χ4n) is 1.17. The van der Waals surface area contributed by atoms with Gasteiger partial charge >= 0.3 is 12.1 Å². The number of alkyl halides is 3. The highest BCUT2D eigenvalue weighted by Gasteiger charge is 2.34. The maximum atomic E-state index is 12.5. The second-order valence-electron chi connectivity index (χ2n) is 2.95. The fraction of sp³-hybridized carbons (Fsp3) is 0.333. The lowest BCUT2D eigenvalue weighted by atomic mass is 10.1. The quantitative estimate of drug-likeness (QED) is 0.781. The number of methoxy groups -OCH3 is 1. The van der Waals surface area contributed by atoms with Gasteiger partial charge in [0.05, 0.1) is 19.1 Å². The van der Waals surface area contributed by atoms with Gasteiger partial charge < -0.3 is 9.72 Å². The van der Waals surface area contributed by atoms with Gasteiger partial charge in [0.25, 0.3) is 5.56 Å². The van der Waals surface area contributed by atoms with Crippen LogP contribution < -0.4 is 5.56 Å². The van der Waals surface area contributed by atoms with Crippen LogP contribution in [0.5, 0.6) is 0 Å². The number of pyridine rings is 1. The number of nitrogens with one attached hydrogen (secondary N) is 1. The van der Waals surface area contributed by atoms with Crippen molar-refractivity contribution in [3.63, 3.8) is 0 Å². The smallest absolute Gasteiger partial charge is 0.416 e. The SMILES string of the molecule is COC(=O)Cc1c(C(F)(F)F)cc[nH]c1=O. The van der Waals surface area contributed by atoms with Crippen LogP contribution in [0.2, 0.25) is 0 Å². The first kappa shape index (κ1) is 12.3. The fourth-order valence-corrected chi connectivity index (χ4v) is 1.17. The van der Waals surface area contributed by atoms with E-state index in [2.05, 4.69) is 9.72 Å². The van der Waals surface area contributed by atoms with Crippen molar-refractivity contribution in [3.05, 3.63) is 33.7 Å². The molecule has 0 aliphatic heterocycles. The van der Waals surface area contributed by atoms with Crippen molar-refractivity contribution in [1.29, 1.82) is 0 Å². The summed E-state index contributed by atoms with van der Waals surface area (Å²) in [5.74, 6) is -0.901. The summed E-state index contributed by atoms with van der Waals surface area (Å²) in [6.45, 7) is 0. The standard InChI is InChI=1S/C9H8F3NO3/c1-16-7(14)4-5-6(9(10,11)12)2-3-13-8(5)15/h2-3H,4H2,1H3,(H,13,15). The molecule has 0 spiro atoms. The van der Waals surface area contributed by atoms with E-state index < -0.39 is 35.3 Å². The summed E-state index contributed by atoms with van der Waals surface area (Å²) in [6.07, 6.45) is -4.49. The molecule has 0 saturated carbocycles. The van der Waals surface area contributed by atoms with Gasteiger partial charge in [0.2, 0.25) is 0 Å². The number of halogens is 3. The minimum absolute atomic E-state index is 0.637. The monoisotopic (exact) mass is 235 g/mol. The van der Waals surface area contributed by atoms with E-state index in [4.69, 9.17) is 0 Å². The van der Waals surface area contributed by atoms with E-state index in [0.29, 0.717) is 6.07 Å². The third kappa shape index (κ3) is 2.62. The Morgan fingerprint density at radius 3 is 2.62 bits per heavy atom. The predicted octanol–water partition coefficient (Wildman–Crippen LogP) is 1.11. The molecule has 1 rings (SSSR count). The zero-order valence-electron chi connectivity index (χ0n) is 8.22. The number of aromatic nitrogens is 1. The van der Waals surface area contributed by atoms with Crippen LogP contribution in [-0.2, 0) is 22.1 Å². The Morgan fingerprint density at radius 1 is 1.50 bits per heavy atom. The average Bonchev–Trinajstić information content (AvgIpc) is 2.19. The van der Waals surface area contributed by atoms with Crippen molar-refractivity contribution in [3.8, 4) is 0 Å². The maximum absolute atomic E-state index is 12.5. The number of aromatic amines is 1. The van der Waals surface area contributed by atoms with Gasteiger partial charge in [-0.25, -0.2) is 0 Å². The van der Waals surface area contributed by atoms with Crippen LogP contribution in [0.4, 0.5) is 13.2 Å². The Hall–Kier alpha value is -1.79. The molecular formula is C9H8F3NO3. The molecule has 0 aliphatic carbocycles. The molecule has 1 aromatic rings. The first-order chi connectivity index (χ1) is 7.36. The molecule has 16 heavy (non-hydrogen) atoms.